The van der Waals surface area contributed by atoms with Gasteiger partial charge in [0.1, 0.15) is 0 Å². The van der Waals surface area contributed by atoms with Crippen LogP contribution in [0.4, 0.5) is 14.7 Å². The van der Waals surface area contributed by atoms with Crippen LogP contribution in [0.25, 0.3) is 0 Å². The molecular formula is C10H11F2N3O. The first kappa shape index (κ1) is 9.89. The third kappa shape index (κ3) is 1.29. The fourth-order valence-electron chi connectivity index (χ4n) is 2.30. The fraction of sp³-hybridized carbons (Fsp3) is 0.600. The molecule has 0 amide bonds. The van der Waals surface area contributed by atoms with Crippen molar-refractivity contribution in [2.75, 3.05) is 18.0 Å². The zero-order valence-corrected chi connectivity index (χ0v) is 8.48. The van der Waals surface area contributed by atoms with Crippen LogP contribution in [0, 0.1) is 11.8 Å². The lowest BCUT2D eigenvalue weighted by molar-refractivity contribution is 0.0796. The quantitative estimate of drug-likeness (QED) is 0.806. The molecule has 2 fully saturated rings. The molecule has 3 rings (SSSR count). The van der Waals surface area contributed by atoms with Crippen LogP contribution in [-0.2, 0) is 6.61 Å². The summed E-state index contributed by atoms with van der Waals surface area (Å²) in [4.78, 5) is 9.88. The molecule has 2 atom stereocenters. The van der Waals surface area contributed by atoms with E-state index in [1.165, 1.54) is 6.20 Å². The number of fused-ring (bicyclic) bond motifs is 1. The monoisotopic (exact) mass is 227 g/mol. The van der Waals surface area contributed by atoms with E-state index in [2.05, 4.69) is 9.97 Å². The van der Waals surface area contributed by atoms with E-state index in [4.69, 9.17) is 5.11 Å². The van der Waals surface area contributed by atoms with Crippen LogP contribution in [0.5, 0.6) is 0 Å². The summed E-state index contributed by atoms with van der Waals surface area (Å²) in [6.45, 7) is 0.464. The second-order valence-electron chi connectivity index (χ2n) is 4.30. The molecule has 6 heteroatoms. The SMILES string of the molecule is OCc1ccnc(N2CC3C(C2)C3(F)F)n1. The molecule has 86 valence electrons. The molecule has 2 unspecified atom stereocenters. The van der Waals surface area contributed by atoms with Gasteiger partial charge in [-0.25, -0.2) is 18.7 Å². The highest BCUT2D eigenvalue weighted by molar-refractivity contribution is 5.37. The van der Waals surface area contributed by atoms with Crippen molar-refractivity contribution in [2.24, 2.45) is 11.8 Å². The van der Waals surface area contributed by atoms with Gasteiger partial charge in [-0.05, 0) is 6.07 Å². The number of alkyl halides is 2. The molecule has 1 aromatic rings. The maximum atomic E-state index is 13.0. The summed E-state index contributed by atoms with van der Waals surface area (Å²) in [5.74, 6) is -3.11. The van der Waals surface area contributed by atoms with Gasteiger partial charge in [0.25, 0.3) is 5.92 Å². The zero-order chi connectivity index (χ0) is 11.3. The minimum absolute atomic E-state index is 0.160. The number of rotatable bonds is 2. The highest BCUT2D eigenvalue weighted by atomic mass is 19.3. The third-order valence-corrected chi connectivity index (χ3v) is 3.34. The molecule has 2 aliphatic rings. The number of piperidine rings is 1. The lowest BCUT2D eigenvalue weighted by atomic mass is 10.4. The van der Waals surface area contributed by atoms with Crippen LogP contribution in [-0.4, -0.2) is 34.1 Å². The van der Waals surface area contributed by atoms with Crippen LogP contribution < -0.4 is 4.90 Å². The Morgan fingerprint density at radius 2 is 2.12 bits per heavy atom. The second-order valence-corrected chi connectivity index (χ2v) is 4.30. The van der Waals surface area contributed by atoms with E-state index in [1.54, 1.807) is 11.0 Å². The van der Waals surface area contributed by atoms with E-state index in [-0.39, 0.29) is 6.61 Å². The molecule has 1 saturated carbocycles. The highest BCUT2D eigenvalue weighted by Crippen LogP contribution is 2.59. The van der Waals surface area contributed by atoms with Crippen molar-refractivity contribution < 1.29 is 13.9 Å². The summed E-state index contributed by atoms with van der Waals surface area (Å²) in [7, 11) is 0. The number of hydrogen-bond acceptors (Lipinski definition) is 4. The summed E-state index contributed by atoms with van der Waals surface area (Å²) in [5, 5.41) is 8.92. The van der Waals surface area contributed by atoms with E-state index in [0.717, 1.165) is 0 Å². The van der Waals surface area contributed by atoms with Crippen LogP contribution in [0.1, 0.15) is 5.69 Å². The van der Waals surface area contributed by atoms with E-state index in [0.29, 0.717) is 24.7 Å². The van der Waals surface area contributed by atoms with Gasteiger partial charge in [-0.2, -0.15) is 0 Å². The summed E-state index contributed by atoms with van der Waals surface area (Å²) >= 11 is 0. The Balaban J connectivity index is 1.76. The van der Waals surface area contributed by atoms with E-state index in [9.17, 15) is 8.78 Å². The number of aromatic nitrogens is 2. The Morgan fingerprint density at radius 3 is 2.75 bits per heavy atom. The Bertz CT molecular complexity index is 412. The van der Waals surface area contributed by atoms with Crippen molar-refractivity contribution in [3.8, 4) is 0 Å². The van der Waals surface area contributed by atoms with Crippen molar-refractivity contribution >= 4 is 5.95 Å². The molecule has 0 bridgehead atoms. The molecule has 1 saturated heterocycles. The summed E-state index contributed by atoms with van der Waals surface area (Å²) in [6, 6.07) is 1.61. The molecule has 1 aliphatic carbocycles. The Hall–Kier alpha value is -1.30. The van der Waals surface area contributed by atoms with Gasteiger partial charge in [0.15, 0.2) is 0 Å². The summed E-state index contributed by atoms with van der Waals surface area (Å²) < 4.78 is 25.9. The van der Waals surface area contributed by atoms with Crippen molar-refractivity contribution in [3.05, 3.63) is 18.0 Å². The smallest absolute Gasteiger partial charge is 0.258 e. The molecule has 0 aromatic carbocycles. The largest absolute Gasteiger partial charge is 0.390 e. The Morgan fingerprint density at radius 1 is 1.44 bits per heavy atom. The number of anilines is 1. The van der Waals surface area contributed by atoms with Crippen LogP contribution >= 0.6 is 0 Å². The fourth-order valence-corrected chi connectivity index (χ4v) is 2.30. The predicted molar refractivity (Wildman–Crippen MR) is 52.1 cm³/mol. The van der Waals surface area contributed by atoms with Crippen LogP contribution in [0.2, 0.25) is 0 Å². The van der Waals surface area contributed by atoms with Gasteiger partial charge >= 0.3 is 0 Å². The van der Waals surface area contributed by atoms with Gasteiger partial charge in [-0.3, -0.25) is 0 Å². The van der Waals surface area contributed by atoms with E-state index in [1.807, 2.05) is 0 Å². The van der Waals surface area contributed by atoms with Crippen molar-refractivity contribution in [2.45, 2.75) is 12.5 Å². The molecule has 0 spiro atoms. The first-order valence-electron chi connectivity index (χ1n) is 5.18. The standard InChI is InChI=1S/C10H11F2N3O/c11-10(12)7-3-15(4-8(7)10)9-13-2-1-6(5-16)14-9/h1-2,7-8,16H,3-5H2. The van der Waals surface area contributed by atoms with Gasteiger partial charge in [0.05, 0.1) is 24.1 Å². The maximum absolute atomic E-state index is 13.0. The number of aliphatic hydroxyl groups is 1. The summed E-state index contributed by atoms with van der Waals surface area (Å²) in [5.41, 5.74) is 0.511. The van der Waals surface area contributed by atoms with Crippen LogP contribution in [0.15, 0.2) is 12.3 Å². The van der Waals surface area contributed by atoms with Crippen molar-refractivity contribution in [3.63, 3.8) is 0 Å². The maximum Gasteiger partial charge on any atom is 0.258 e. The minimum Gasteiger partial charge on any atom is -0.390 e. The van der Waals surface area contributed by atoms with Crippen molar-refractivity contribution in [1.29, 1.82) is 0 Å². The lowest BCUT2D eigenvalue weighted by Crippen LogP contribution is -2.29. The number of hydrogen-bond donors (Lipinski definition) is 1. The molecule has 1 aromatic heterocycles. The topological polar surface area (TPSA) is 49.3 Å². The molecular weight excluding hydrogens is 216 g/mol. The van der Waals surface area contributed by atoms with Gasteiger partial charge in [-0.1, -0.05) is 0 Å². The van der Waals surface area contributed by atoms with Gasteiger partial charge in [0, 0.05) is 19.3 Å². The third-order valence-electron chi connectivity index (χ3n) is 3.34. The minimum atomic E-state index is -2.48. The summed E-state index contributed by atoms with van der Waals surface area (Å²) in [6.07, 6.45) is 1.54. The van der Waals surface area contributed by atoms with Gasteiger partial charge < -0.3 is 10.0 Å². The first-order valence-corrected chi connectivity index (χ1v) is 5.18. The molecule has 2 heterocycles. The predicted octanol–water partition coefficient (Wildman–Crippen LogP) is 0.670. The highest BCUT2D eigenvalue weighted by Gasteiger charge is 2.71. The molecule has 1 N–H and O–H groups in total. The molecule has 1 aliphatic heterocycles. The number of aliphatic hydroxyl groups excluding tert-OH is 1. The number of halogens is 2. The van der Waals surface area contributed by atoms with E-state index >= 15 is 0 Å². The first-order chi connectivity index (χ1) is 7.63. The Kier molecular flexibility index (Phi) is 1.92. The lowest BCUT2D eigenvalue weighted by Gasteiger charge is -2.19. The zero-order valence-electron chi connectivity index (χ0n) is 8.48. The van der Waals surface area contributed by atoms with E-state index < -0.39 is 17.8 Å². The van der Waals surface area contributed by atoms with Crippen LogP contribution in [0.3, 0.4) is 0 Å². The van der Waals surface area contributed by atoms with Gasteiger partial charge in [-0.15, -0.1) is 0 Å². The normalized spacial score (nSPS) is 30.3. The molecule has 0 radical (unpaired) electrons. The second kappa shape index (κ2) is 3.10. The van der Waals surface area contributed by atoms with Crippen molar-refractivity contribution in [1.82, 2.24) is 9.97 Å². The molecule has 4 nitrogen and oxygen atoms in total. The average molecular weight is 227 g/mol. The van der Waals surface area contributed by atoms with Gasteiger partial charge in [0.2, 0.25) is 5.95 Å². The number of nitrogens with zero attached hydrogens (tertiary/aromatic N) is 3. The molecule has 16 heavy (non-hydrogen) atoms. The Labute approximate surface area is 90.9 Å². The average Bonchev–Trinajstić information content (AvgIpc) is 2.72.